The molecule has 2 spiro atoms. The maximum atomic E-state index is 12.5. The van der Waals surface area contributed by atoms with Crippen LogP contribution in [0.3, 0.4) is 0 Å². The molecule has 8 rings (SSSR count). The number of carbonyl (C=O) groups is 1. The van der Waals surface area contributed by atoms with E-state index < -0.39 is 23.9 Å². The van der Waals surface area contributed by atoms with Gasteiger partial charge < -0.3 is 34.4 Å². The number of aliphatic hydroxyl groups excluding tert-OH is 2. The van der Waals surface area contributed by atoms with Crippen molar-refractivity contribution in [1.29, 1.82) is 0 Å². The van der Waals surface area contributed by atoms with Crippen LogP contribution in [0.2, 0.25) is 0 Å². The molecule has 1 amide bonds. The van der Waals surface area contributed by atoms with Crippen molar-refractivity contribution in [2.24, 2.45) is 50.7 Å². The van der Waals surface area contributed by atoms with Crippen LogP contribution in [0.5, 0.6) is 0 Å². The first-order valence-electron chi connectivity index (χ1n) is 19.4. The zero-order chi connectivity index (χ0) is 34.4. The second-order valence-electron chi connectivity index (χ2n) is 19.7. The third-order valence-corrected chi connectivity index (χ3v) is 17.0. The predicted molar refractivity (Wildman–Crippen MR) is 181 cm³/mol. The smallest absolute Gasteiger partial charge is 0.219 e. The fourth-order valence-electron chi connectivity index (χ4n) is 14.4. The van der Waals surface area contributed by atoms with Crippen molar-refractivity contribution < 1.29 is 34.3 Å². The average molecular weight is 673 g/mol. The second-order valence-corrected chi connectivity index (χ2v) is 19.7. The second kappa shape index (κ2) is 10.9. The Labute approximate surface area is 288 Å². The number of nitrogens with zero attached hydrogens (tertiary/aromatic N) is 2. The number of amides is 1. The number of hydrogen-bond acceptors (Lipinski definition) is 8. The maximum Gasteiger partial charge on any atom is 0.219 e. The third-order valence-electron chi connectivity index (χ3n) is 17.0. The van der Waals surface area contributed by atoms with Gasteiger partial charge in [0.15, 0.2) is 6.29 Å². The van der Waals surface area contributed by atoms with Crippen LogP contribution < -0.4 is 0 Å². The molecule has 0 aromatic rings. The minimum absolute atomic E-state index is 0.0300. The van der Waals surface area contributed by atoms with Crippen LogP contribution in [-0.2, 0) is 19.0 Å². The van der Waals surface area contributed by atoms with E-state index >= 15 is 0 Å². The van der Waals surface area contributed by atoms with E-state index in [2.05, 4.69) is 39.5 Å². The molecule has 0 radical (unpaired) electrons. The Balaban J connectivity index is 0.993. The largest absolute Gasteiger partial charge is 0.390 e. The molecule has 9 heteroatoms. The van der Waals surface area contributed by atoms with Gasteiger partial charge in [0.2, 0.25) is 5.91 Å². The Morgan fingerprint density at radius 1 is 1.00 bits per heavy atom. The van der Waals surface area contributed by atoms with Crippen molar-refractivity contribution in [1.82, 2.24) is 9.80 Å². The molecule has 3 heterocycles. The number of hydrogen-bond donors (Lipinski definition) is 3. The van der Waals surface area contributed by atoms with Crippen LogP contribution in [0.15, 0.2) is 0 Å². The van der Waals surface area contributed by atoms with Crippen LogP contribution in [-0.4, -0.2) is 112 Å². The first-order chi connectivity index (χ1) is 22.4. The maximum absolute atomic E-state index is 12.5. The zero-order valence-corrected chi connectivity index (χ0v) is 30.9. The summed E-state index contributed by atoms with van der Waals surface area (Å²) in [6.07, 6.45) is 6.47. The first kappa shape index (κ1) is 34.3. The molecule has 3 aliphatic heterocycles. The van der Waals surface area contributed by atoms with Gasteiger partial charge in [0.05, 0.1) is 43.2 Å². The lowest BCUT2D eigenvalue weighted by atomic mass is 9.41. The number of carbonyl (C=O) groups excluding carboxylic acids is 1. The van der Waals surface area contributed by atoms with Gasteiger partial charge >= 0.3 is 0 Å². The molecule has 272 valence electrons. The normalized spacial score (nSPS) is 52.2. The van der Waals surface area contributed by atoms with Crippen LogP contribution in [0.1, 0.15) is 107 Å². The summed E-state index contributed by atoms with van der Waals surface area (Å²) in [6.45, 7) is 21.0. The van der Waals surface area contributed by atoms with Gasteiger partial charge in [0, 0.05) is 38.0 Å². The number of fused-ring (bicyclic) bond motifs is 4. The highest BCUT2D eigenvalue weighted by molar-refractivity contribution is 5.74. The van der Waals surface area contributed by atoms with Crippen LogP contribution in [0, 0.1) is 50.7 Å². The van der Waals surface area contributed by atoms with Crippen LogP contribution in [0.25, 0.3) is 0 Å². The number of aliphatic hydroxyl groups is 3. The molecule has 3 saturated heterocycles. The Kier molecular flexibility index (Phi) is 7.76. The highest BCUT2D eigenvalue weighted by Gasteiger charge is 2.84. The molecule has 0 bridgehead atoms. The lowest BCUT2D eigenvalue weighted by Crippen LogP contribution is -2.64. The molecule has 8 aliphatic rings. The summed E-state index contributed by atoms with van der Waals surface area (Å²) in [4.78, 5) is 16.1. The lowest BCUT2D eigenvalue weighted by Gasteiger charge is -2.64. The summed E-state index contributed by atoms with van der Waals surface area (Å²) < 4.78 is 19.8. The summed E-state index contributed by atoms with van der Waals surface area (Å²) >= 11 is 0. The van der Waals surface area contributed by atoms with E-state index in [1.165, 1.54) is 25.7 Å². The lowest BCUT2D eigenvalue weighted by molar-refractivity contribution is -0.253. The molecular formula is C39H64N2O7. The van der Waals surface area contributed by atoms with Gasteiger partial charge in [0.1, 0.15) is 6.10 Å². The van der Waals surface area contributed by atoms with Crippen LogP contribution in [0.4, 0.5) is 0 Å². The van der Waals surface area contributed by atoms with E-state index in [9.17, 15) is 20.1 Å². The summed E-state index contributed by atoms with van der Waals surface area (Å²) in [5.41, 5.74) is -0.936. The van der Waals surface area contributed by atoms with E-state index in [4.69, 9.17) is 14.2 Å². The summed E-state index contributed by atoms with van der Waals surface area (Å²) in [7, 11) is 0. The van der Waals surface area contributed by atoms with Gasteiger partial charge in [-0.2, -0.15) is 0 Å². The van der Waals surface area contributed by atoms with Gasteiger partial charge in [0.25, 0.3) is 0 Å². The Hall–Kier alpha value is -0.810. The molecule has 2 unspecified atom stereocenters. The standard InChI is InChI=1S/C39H64N2O7/c1-22-17-25(32(43)35(5,6)45)47-31-30(22)36(7)13-14-39-21-38(39)12-11-28(34(3,4)26(38)9-10-27(39)37(36,8)33(31)44)48-29-20-40(15-16-46-29)24-18-41(19-24)23(2)42/h22,24-33,43-45H,9-21H2,1-8H3/t22-,25-,26+,27+,28+,29?,30?,31+,32+,33+,36-,37-,38-,39+/m1/s1. The first-order valence-corrected chi connectivity index (χ1v) is 19.4. The van der Waals surface area contributed by atoms with E-state index in [1.54, 1.807) is 20.8 Å². The van der Waals surface area contributed by atoms with E-state index in [0.29, 0.717) is 42.2 Å². The quantitative estimate of drug-likeness (QED) is 0.399. The van der Waals surface area contributed by atoms with E-state index in [1.807, 2.05) is 4.90 Å². The topological polar surface area (TPSA) is 112 Å². The molecule has 3 N–H and O–H groups in total. The van der Waals surface area contributed by atoms with Gasteiger partial charge in [-0.1, -0.05) is 34.6 Å². The SMILES string of the molecule is CC(=O)N1CC(N2CCOC(O[C@H]3CC[C@]45C[C@]46CC[C@]4(C)C7[C@H](C)C[C@H]([C@H](O)C(C)(C)O)O[C@@H]7[C@H](O)[C@@]4(C)[C@@H]6CC[C@H]5C3(C)C)C2)C1. The minimum Gasteiger partial charge on any atom is -0.390 e. The van der Waals surface area contributed by atoms with Gasteiger partial charge in [-0.3, -0.25) is 9.69 Å². The third kappa shape index (κ3) is 4.43. The summed E-state index contributed by atoms with van der Waals surface area (Å²) in [5, 5.41) is 34.1. The van der Waals surface area contributed by atoms with E-state index in [0.717, 1.165) is 45.4 Å². The molecule has 8 fully saturated rings. The van der Waals surface area contributed by atoms with Gasteiger partial charge in [-0.25, -0.2) is 0 Å². The van der Waals surface area contributed by atoms with Crippen molar-refractivity contribution in [3.8, 4) is 0 Å². The average Bonchev–Trinajstić information content (AvgIpc) is 3.61. The van der Waals surface area contributed by atoms with Crippen molar-refractivity contribution in [3.05, 3.63) is 0 Å². The minimum atomic E-state index is -1.25. The fraction of sp³-hybridized carbons (Fsp3) is 0.974. The zero-order valence-electron chi connectivity index (χ0n) is 30.9. The van der Waals surface area contributed by atoms with Crippen molar-refractivity contribution >= 4 is 5.91 Å². The predicted octanol–water partition coefficient (Wildman–Crippen LogP) is 4.21. The summed E-state index contributed by atoms with van der Waals surface area (Å²) in [5.74, 6) is 1.75. The van der Waals surface area contributed by atoms with Gasteiger partial charge in [-0.05, 0) is 111 Å². The highest BCUT2D eigenvalue weighted by atomic mass is 16.7. The summed E-state index contributed by atoms with van der Waals surface area (Å²) in [6, 6.07) is 0.409. The van der Waals surface area contributed by atoms with Crippen molar-refractivity contribution in [2.75, 3.05) is 32.8 Å². The van der Waals surface area contributed by atoms with Crippen molar-refractivity contribution in [2.45, 2.75) is 155 Å². The monoisotopic (exact) mass is 672 g/mol. The van der Waals surface area contributed by atoms with Gasteiger partial charge in [-0.15, -0.1) is 0 Å². The number of likely N-dealkylation sites (tertiary alicyclic amines) is 1. The molecule has 0 aromatic carbocycles. The Morgan fingerprint density at radius 3 is 2.38 bits per heavy atom. The molecule has 48 heavy (non-hydrogen) atoms. The van der Waals surface area contributed by atoms with E-state index in [-0.39, 0.29) is 52.0 Å². The van der Waals surface area contributed by atoms with Crippen molar-refractivity contribution in [3.63, 3.8) is 0 Å². The number of morpholine rings is 1. The Morgan fingerprint density at radius 2 is 1.69 bits per heavy atom. The fourth-order valence-corrected chi connectivity index (χ4v) is 14.4. The number of ether oxygens (including phenoxy) is 3. The Bertz CT molecular complexity index is 1300. The molecule has 5 saturated carbocycles. The molecule has 14 atom stereocenters. The molecule has 9 nitrogen and oxygen atoms in total. The molecule has 0 aromatic heterocycles. The molecular weight excluding hydrogens is 608 g/mol. The molecule has 5 aliphatic carbocycles. The number of rotatable bonds is 5. The highest BCUT2D eigenvalue weighted by Crippen LogP contribution is 2.89. The van der Waals surface area contributed by atoms with Crippen LogP contribution >= 0.6 is 0 Å².